The van der Waals surface area contributed by atoms with Crippen molar-refractivity contribution in [2.24, 2.45) is 5.92 Å². The molecule has 0 saturated carbocycles. The summed E-state index contributed by atoms with van der Waals surface area (Å²) < 4.78 is 0. The third-order valence-corrected chi connectivity index (χ3v) is 5.49. The van der Waals surface area contributed by atoms with Gasteiger partial charge in [-0.2, -0.15) is 0 Å². The topological polar surface area (TPSA) is 45.2 Å². The molecule has 2 atom stereocenters. The van der Waals surface area contributed by atoms with Crippen molar-refractivity contribution in [3.8, 4) is 0 Å². The highest BCUT2D eigenvalue weighted by Gasteiger charge is 2.39. The highest BCUT2D eigenvalue weighted by Crippen LogP contribution is 2.32. The van der Waals surface area contributed by atoms with Gasteiger partial charge < -0.3 is 10.2 Å². The van der Waals surface area contributed by atoms with Crippen LogP contribution in [0, 0.1) is 12.8 Å². The van der Waals surface area contributed by atoms with E-state index in [0.29, 0.717) is 18.0 Å². The SMILES string of the molecule is Cc1nc(CC(C)C)c(C(=O)N2C3CCNCC2CC3)s1. The molecule has 2 aliphatic rings. The number of hydrogen-bond donors (Lipinski definition) is 1. The van der Waals surface area contributed by atoms with Crippen LogP contribution in [0.2, 0.25) is 0 Å². The van der Waals surface area contributed by atoms with Gasteiger partial charge in [0.25, 0.3) is 5.91 Å². The molecule has 2 saturated heterocycles. The van der Waals surface area contributed by atoms with E-state index >= 15 is 0 Å². The molecular weight excluding hydrogens is 282 g/mol. The van der Waals surface area contributed by atoms with E-state index in [2.05, 4.69) is 29.0 Å². The zero-order valence-electron chi connectivity index (χ0n) is 13.2. The Kier molecular flexibility index (Phi) is 4.31. The quantitative estimate of drug-likeness (QED) is 0.933. The molecule has 4 nitrogen and oxygen atoms in total. The molecule has 116 valence electrons. The number of aromatic nitrogens is 1. The molecule has 0 aliphatic carbocycles. The van der Waals surface area contributed by atoms with Crippen LogP contribution in [0.5, 0.6) is 0 Å². The van der Waals surface area contributed by atoms with Crippen molar-refractivity contribution in [3.05, 3.63) is 15.6 Å². The molecular formula is C16H25N3OS. The summed E-state index contributed by atoms with van der Waals surface area (Å²) >= 11 is 1.57. The molecule has 5 heteroatoms. The fourth-order valence-corrected chi connectivity index (χ4v) is 4.48. The molecule has 3 heterocycles. The average Bonchev–Trinajstić information content (AvgIpc) is 2.87. The van der Waals surface area contributed by atoms with Gasteiger partial charge in [0.05, 0.1) is 10.7 Å². The third-order valence-electron chi connectivity index (χ3n) is 4.49. The molecule has 1 amide bonds. The van der Waals surface area contributed by atoms with Gasteiger partial charge in [0.2, 0.25) is 0 Å². The number of carbonyl (C=O) groups is 1. The summed E-state index contributed by atoms with van der Waals surface area (Å²) in [4.78, 5) is 20.8. The molecule has 0 aromatic carbocycles. The Hall–Kier alpha value is -0.940. The molecule has 2 fully saturated rings. The predicted molar refractivity (Wildman–Crippen MR) is 85.9 cm³/mol. The van der Waals surface area contributed by atoms with Gasteiger partial charge in [-0.25, -0.2) is 4.98 Å². The first-order chi connectivity index (χ1) is 10.1. The van der Waals surface area contributed by atoms with Crippen LogP contribution in [0.3, 0.4) is 0 Å². The van der Waals surface area contributed by atoms with Crippen LogP contribution >= 0.6 is 11.3 Å². The van der Waals surface area contributed by atoms with Gasteiger partial charge in [0.15, 0.2) is 0 Å². The zero-order valence-corrected chi connectivity index (χ0v) is 14.0. The standard InChI is InChI=1S/C16H25N3OS/c1-10(2)8-14-15(21-11(3)18-14)16(20)19-12-4-5-13(19)9-17-7-6-12/h10,12-13,17H,4-9H2,1-3H3. The fourth-order valence-electron chi connectivity index (χ4n) is 3.59. The maximum atomic E-state index is 13.1. The van der Waals surface area contributed by atoms with Crippen molar-refractivity contribution < 1.29 is 4.79 Å². The first kappa shape index (κ1) is 15.0. The van der Waals surface area contributed by atoms with Crippen molar-refractivity contribution in [2.75, 3.05) is 13.1 Å². The van der Waals surface area contributed by atoms with Crippen LogP contribution < -0.4 is 5.32 Å². The Balaban J connectivity index is 1.88. The van der Waals surface area contributed by atoms with Gasteiger partial charge >= 0.3 is 0 Å². The van der Waals surface area contributed by atoms with E-state index in [1.807, 2.05) is 6.92 Å². The minimum Gasteiger partial charge on any atom is -0.331 e. The molecule has 2 aliphatic heterocycles. The van der Waals surface area contributed by atoms with Crippen molar-refractivity contribution in [2.45, 2.75) is 58.5 Å². The smallest absolute Gasteiger partial charge is 0.266 e. The van der Waals surface area contributed by atoms with Crippen molar-refractivity contribution in [1.82, 2.24) is 15.2 Å². The number of thiazole rings is 1. The number of carbonyl (C=O) groups excluding carboxylic acids is 1. The van der Waals surface area contributed by atoms with Crippen LogP contribution in [0.4, 0.5) is 0 Å². The van der Waals surface area contributed by atoms with Crippen LogP contribution in [0.25, 0.3) is 0 Å². The summed E-state index contributed by atoms with van der Waals surface area (Å²) in [5, 5.41) is 4.47. The Morgan fingerprint density at radius 2 is 2.14 bits per heavy atom. The second-order valence-electron chi connectivity index (χ2n) is 6.70. The summed E-state index contributed by atoms with van der Waals surface area (Å²) in [5.74, 6) is 0.757. The molecule has 3 rings (SSSR count). The summed E-state index contributed by atoms with van der Waals surface area (Å²) in [5.41, 5.74) is 1.01. The van der Waals surface area contributed by atoms with E-state index in [9.17, 15) is 4.79 Å². The Labute approximate surface area is 130 Å². The van der Waals surface area contributed by atoms with Crippen LogP contribution in [-0.4, -0.2) is 41.0 Å². The Morgan fingerprint density at radius 3 is 2.90 bits per heavy atom. The van der Waals surface area contributed by atoms with Crippen molar-refractivity contribution in [1.29, 1.82) is 0 Å². The number of rotatable bonds is 3. The van der Waals surface area contributed by atoms with Crippen LogP contribution in [0.15, 0.2) is 0 Å². The zero-order chi connectivity index (χ0) is 15.0. The van der Waals surface area contributed by atoms with Crippen molar-refractivity contribution >= 4 is 17.2 Å². The lowest BCUT2D eigenvalue weighted by Gasteiger charge is -2.27. The van der Waals surface area contributed by atoms with E-state index in [4.69, 9.17) is 0 Å². The number of aryl methyl sites for hydroxylation is 1. The number of hydrogen-bond acceptors (Lipinski definition) is 4. The van der Waals surface area contributed by atoms with Gasteiger partial charge in [-0.05, 0) is 45.1 Å². The van der Waals surface area contributed by atoms with E-state index in [1.165, 1.54) is 0 Å². The van der Waals surface area contributed by atoms with Gasteiger partial charge in [0.1, 0.15) is 4.88 Å². The highest BCUT2D eigenvalue weighted by atomic mass is 32.1. The first-order valence-electron chi connectivity index (χ1n) is 8.06. The summed E-state index contributed by atoms with van der Waals surface area (Å²) in [7, 11) is 0. The van der Waals surface area contributed by atoms with Crippen LogP contribution in [0.1, 0.15) is 53.5 Å². The second kappa shape index (κ2) is 6.05. The monoisotopic (exact) mass is 307 g/mol. The van der Waals surface area contributed by atoms with Crippen molar-refractivity contribution in [3.63, 3.8) is 0 Å². The van der Waals surface area contributed by atoms with E-state index in [0.717, 1.165) is 54.4 Å². The van der Waals surface area contributed by atoms with E-state index in [1.54, 1.807) is 11.3 Å². The van der Waals surface area contributed by atoms with Crippen LogP contribution in [-0.2, 0) is 6.42 Å². The average molecular weight is 307 g/mol. The lowest BCUT2D eigenvalue weighted by molar-refractivity contribution is 0.0684. The molecule has 2 unspecified atom stereocenters. The van der Waals surface area contributed by atoms with E-state index < -0.39 is 0 Å². The maximum absolute atomic E-state index is 13.1. The number of fused-ring (bicyclic) bond motifs is 2. The highest BCUT2D eigenvalue weighted by molar-refractivity contribution is 7.13. The van der Waals surface area contributed by atoms with Gasteiger partial charge in [-0.1, -0.05) is 13.8 Å². The largest absolute Gasteiger partial charge is 0.331 e. The Bertz CT molecular complexity index is 512. The first-order valence-corrected chi connectivity index (χ1v) is 8.87. The number of nitrogens with one attached hydrogen (secondary N) is 1. The summed E-state index contributed by atoms with van der Waals surface area (Å²) in [6.45, 7) is 8.35. The summed E-state index contributed by atoms with van der Waals surface area (Å²) in [6, 6.07) is 0.797. The lowest BCUT2D eigenvalue weighted by atomic mass is 10.1. The molecule has 1 aromatic heterocycles. The predicted octanol–water partition coefficient (Wildman–Crippen LogP) is 2.62. The molecule has 1 aromatic rings. The second-order valence-corrected chi connectivity index (χ2v) is 7.90. The third kappa shape index (κ3) is 2.99. The number of amides is 1. The molecule has 2 bridgehead atoms. The molecule has 0 radical (unpaired) electrons. The molecule has 21 heavy (non-hydrogen) atoms. The Morgan fingerprint density at radius 1 is 1.38 bits per heavy atom. The maximum Gasteiger partial charge on any atom is 0.266 e. The molecule has 0 spiro atoms. The minimum atomic E-state index is 0.229. The van der Waals surface area contributed by atoms with E-state index in [-0.39, 0.29) is 5.91 Å². The molecule has 1 N–H and O–H groups in total. The summed E-state index contributed by atoms with van der Waals surface area (Å²) in [6.07, 6.45) is 4.28. The fraction of sp³-hybridized carbons (Fsp3) is 0.750. The van der Waals surface area contributed by atoms with Gasteiger partial charge in [-0.15, -0.1) is 11.3 Å². The normalized spacial score (nSPS) is 25.4. The minimum absolute atomic E-state index is 0.229. The number of nitrogens with zero attached hydrogens (tertiary/aromatic N) is 2. The lowest BCUT2D eigenvalue weighted by Crippen LogP contribution is -2.42. The van der Waals surface area contributed by atoms with Gasteiger partial charge in [0, 0.05) is 18.6 Å². The van der Waals surface area contributed by atoms with Gasteiger partial charge in [-0.3, -0.25) is 4.79 Å².